The number of carbonyl (C=O) groups is 1. The zero-order valence-electron chi connectivity index (χ0n) is 7.54. The Balaban J connectivity index is 1.89. The van der Waals surface area contributed by atoms with Crippen molar-refractivity contribution in [2.24, 2.45) is 5.92 Å². The molecular weight excluding hydrogens is 168 g/mol. The summed E-state index contributed by atoms with van der Waals surface area (Å²) in [4.78, 5) is 11.3. The molecule has 0 bridgehead atoms. The molecule has 0 aliphatic heterocycles. The van der Waals surface area contributed by atoms with E-state index in [0.717, 1.165) is 0 Å². The molecule has 1 saturated carbocycles. The number of rotatable bonds is 3. The summed E-state index contributed by atoms with van der Waals surface area (Å²) < 4.78 is 4.82. The van der Waals surface area contributed by atoms with Gasteiger partial charge in [-0.05, 0) is 25.7 Å². The van der Waals surface area contributed by atoms with E-state index < -0.39 is 0 Å². The molecule has 1 aliphatic carbocycles. The standard InChI is InChI=1S/C9H12N2O2/c1-6-8(5-10-13-6)11-9(12)4-7-2-3-7/h5,7H,2-4H2,1H3,(H,11,12). The molecule has 0 unspecified atom stereocenters. The van der Waals surface area contributed by atoms with Gasteiger partial charge < -0.3 is 9.84 Å². The summed E-state index contributed by atoms with van der Waals surface area (Å²) in [6.07, 6.45) is 4.54. The zero-order valence-corrected chi connectivity index (χ0v) is 7.54. The maximum atomic E-state index is 11.3. The Hall–Kier alpha value is -1.32. The van der Waals surface area contributed by atoms with E-state index in [1.165, 1.54) is 19.0 Å². The highest BCUT2D eigenvalue weighted by Gasteiger charge is 2.24. The third-order valence-electron chi connectivity index (χ3n) is 2.20. The molecule has 0 atom stereocenters. The Morgan fingerprint density at radius 1 is 1.77 bits per heavy atom. The lowest BCUT2D eigenvalue weighted by atomic mass is 10.3. The summed E-state index contributed by atoms with van der Waals surface area (Å²) >= 11 is 0. The molecule has 4 nitrogen and oxygen atoms in total. The monoisotopic (exact) mass is 180 g/mol. The van der Waals surface area contributed by atoms with Crippen LogP contribution in [-0.2, 0) is 4.79 Å². The smallest absolute Gasteiger partial charge is 0.224 e. The molecule has 70 valence electrons. The molecular formula is C9H12N2O2. The second kappa shape index (κ2) is 3.20. The van der Waals surface area contributed by atoms with Crippen LogP contribution in [0.2, 0.25) is 0 Å². The Bertz CT molecular complexity index is 315. The highest BCUT2D eigenvalue weighted by atomic mass is 16.5. The Morgan fingerprint density at radius 3 is 3.08 bits per heavy atom. The molecule has 1 aliphatic rings. The van der Waals surface area contributed by atoms with Gasteiger partial charge >= 0.3 is 0 Å². The van der Waals surface area contributed by atoms with Gasteiger partial charge in [-0.3, -0.25) is 4.79 Å². The van der Waals surface area contributed by atoms with Gasteiger partial charge in [-0.2, -0.15) is 0 Å². The van der Waals surface area contributed by atoms with Gasteiger partial charge in [0.25, 0.3) is 0 Å². The van der Waals surface area contributed by atoms with Crippen LogP contribution in [0.15, 0.2) is 10.7 Å². The van der Waals surface area contributed by atoms with Crippen LogP contribution in [0.25, 0.3) is 0 Å². The van der Waals surface area contributed by atoms with E-state index in [4.69, 9.17) is 4.52 Å². The zero-order chi connectivity index (χ0) is 9.26. The molecule has 0 spiro atoms. The maximum absolute atomic E-state index is 11.3. The lowest BCUT2D eigenvalue weighted by molar-refractivity contribution is -0.116. The molecule has 0 radical (unpaired) electrons. The predicted molar refractivity (Wildman–Crippen MR) is 47.2 cm³/mol. The van der Waals surface area contributed by atoms with Gasteiger partial charge in [0.1, 0.15) is 5.69 Å². The van der Waals surface area contributed by atoms with Crippen LogP contribution < -0.4 is 5.32 Å². The normalized spacial score (nSPS) is 15.8. The van der Waals surface area contributed by atoms with Gasteiger partial charge in [0.05, 0.1) is 6.20 Å². The third kappa shape index (κ3) is 2.08. The van der Waals surface area contributed by atoms with Crippen molar-refractivity contribution in [3.05, 3.63) is 12.0 Å². The van der Waals surface area contributed by atoms with E-state index in [2.05, 4.69) is 10.5 Å². The molecule has 1 N–H and O–H groups in total. The minimum atomic E-state index is 0.0637. The first-order valence-corrected chi connectivity index (χ1v) is 4.47. The van der Waals surface area contributed by atoms with E-state index in [9.17, 15) is 4.79 Å². The fourth-order valence-corrected chi connectivity index (χ4v) is 1.20. The Kier molecular flexibility index (Phi) is 2.04. The van der Waals surface area contributed by atoms with Crippen molar-refractivity contribution in [2.45, 2.75) is 26.2 Å². The van der Waals surface area contributed by atoms with E-state index in [1.54, 1.807) is 6.92 Å². The maximum Gasteiger partial charge on any atom is 0.224 e. The van der Waals surface area contributed by atoms with Gasteiger partial charge in [-0.1, -0.05) is 5.16 Å². The van der Waals surface area contributed by atoms with Gasteiger partial charge in [-0.15, -0.1) is 0 Å². The second-order valence-electron chi connectivity index (χ2n) is 3.49. The molecule has 2 rings (SSSR count). The average molecular weight is 180 g/mol. The summed E-state index contributed by atoms with van der Waals surface area (Å²) in [5, 5.41) is 6.35. The number of amides is 1. The van der Waals surface area contributed by atoms with Crippen molar-refractivity contribution < 1.29 is 9.32 Å². The van der Waals surface area contributed by atoms with E-state index >= 15 is 0 Å². The summed E-state index contributed by atoms with van der Waals surface area (Å²) in [5.41, 5.74) is 0.686. The van der Waals surface area contributed by atoms with Gasteiger partial charge in [0.15, 0.2) is 5.76 Å². The van der Waals surface area contributed by atoms with E-state index in [-0.39, 0.29) is 5.91 Å². The lowest BCUT2D eigenvalue weighted by Crippen LogP contribution is -2.11. The average Bonchev–Trinajstić information content (AvgIpc) is 2.79. The number of nitrogens with zero attached hydrogens (tertiary/aromatic N) is 1. The summed E-state index contributed by atoms with van der Waals surface area (Å²) in [7, 11) is 0. The summed E-state index contributed by atoms with van der Waals surface area (Å²) in [6.45, 7) is 1.78. The van der Waals surface area contributed by atoms with Crippen LogP contribution in [0.3, 0.4) is 0 Å². The number of hydrogen-bond donors (Lipinski definition) is 1. The highest BCUT2D eigenvalue weighted by Crippen LogP contribution is 2.32. The molecule has 4 heteroatoms. The van der Waals surface area contributed by atoms with Crippen LogP contribution in [0.5, 0.6) is 0 Å². The number of carbonyl (C=O) groups excluding carboxylic acids is 1. The largest absolute Gasteiger partial charge is 0.359 e. The summed E-state index contributed by atoms with van der Waals surface area (Å²) in [5.74, 6) is 1.33. The van der Waals surface area contributed by atoms with Crippen molar-refractivity contribution in [3.8, 4) is 0 Å². The molecule has 1 heterocycles. The van der Waals surface area contributed by atoms with Crippen LogP contribution in [0, 0.1) is 12.8 Å². The molecule has 0 aromatic carbocycles. The van der Waals surface area contributed by atoms with Gasteiger partial charge in [-0.25, -0.2) is 0 Å². The molecule has 1 aromatic rings. The Morgan fingerprint density at radius 2 is 2.54 bits per heavy atom. The van der Waals surface area contributed by atoms with Crippen molar-refractivity contribution >= 4 is 11.6 Å². The first kappa shape index (κ1) is 8.29. The quantitative estimate of drug-likeness (QED) is 0.770. The molecule has 1 fully saturated rings. The van der Waals surface area contributed by atoms with Gasteiger partial charge in [0.2, 0.25) is 5.91 Å². The number of anilines is 1. The Labute approximate surface area is 76.3 Å². The van der Waals surface area contributed by atoms with Crippen LogP contribution in [0.1, 0.15) is 25.0 Å². The third-order valence-corrected chi connectivity index (χ3v) is 2.20. The minimum absolute atomic E-state index is 0.0637. The van der Waals surface area contributed by atoms with Crippen molar-refractivity contribution in [1.29, 1.82) is 0 Å². The van der Waals surface area contributed by atoms with Crippen LogP contribution >= 0.6 is 0 Å². The first-order chi connectivity index (χ1) is 6.25. The molecule has 0 saturated heterocycles. The SMILES string of the molecule is Cc1oncc1NC(=O)CC1CC1. The predicted octanol–water partition coefficient (Wildman–Crippen LogP) is 1.72. The van der Waals surface area contributed by atoms with Crippen molar-refractivity contribution in [2.75, 3.05) is 5.32 Å². The van der Waals surface area contributed by atoms with Crippen LogP contribution in [0.4, 0.5) is 5.69 Å². The number of aryl methyl sites for hydroxylation is 1. The number of hydrogen-bond acceptors (Lipinski definition) is 3. The molecule has 1 amide bonds. The van der Waals surface area contributed by atoms with E-state index in [1.807, 2.05) is 0 Å². The summed E-state index contributed by atoms with van der Waals surface area (Å²) in [6, 6.07) is 0. The highest BCUT2D eigenvalue weighted by molar-refractivity contribution is 5.91. The molecule has 1 aromatic heterocycles. The van der Waals surface area contributed by atoms with Crippen molar-refractivity contribution in [3.63, 3.8) is 0 Å². The van der Waals surface area contributed by atoms with Crippen LogP contribution in [-0.4, -0.2) is 11.1 Å². The lowest BCUT2D eigenvalue weighted by Gasteiger charge is -2.00. The van der Waals surface area contributed by atoms with Gasteiger partial charge in [0, 0.05) is 6.42 Å². The number of nitrogens with one attached hydrogen (secondary N) is 1. The molecule has 13 heavy (non-hydrogen) atoms. The first-order valence-electron chi connectivity index (χ1n) is 4.47. The minimum Gasteiger partial charge on any atom is -0.359 e. The topological polar surface area (TPSA) is 55.1 Å². The fourth-order valence-electron chi connectivity index (χ4n) is 1.20. The number of aromatic nitrogens is 1. The van der Waals surface area contributed by atoms with E-state index in [0.29, 0.717) is 23.8 Å². The van der Waals surface area contributed by atoms with Crippen molar-refractivity contribution in [1.82, 2.24) is 5.16 Å². The second-order valence-corrected chi connectivity index (χ2v) is 3.49. The fraction of sp³-hybridized carbons (Fsp3) is 0.556.